The predicted octanol–water partition coefficient (Wildman–Crippen LogP) is 3.15. The highest BCUT2D eigenvalue weighted by molar-refractivity contribution is 5.79. The molecule has 0 spiro atoms. The Hall–Kier alpha value is -2.59. The first kappa shape index (κ1) is 14.0. The molecule has 0 saturated heterocycles. The molecule has 0 bridgehead atoms. The van der Waals surface area contributed by atoms with E-state index in [2.05, 4.69) is 52.4 Å². The molecule has 1 aromatic heterocycles. The number of benzene rings is 2. The molecule has 0 fully saturated rings. The van der Waals surface area contributed by atoms with Gasteiger partial charge in [-0.2, -0.15) is 5.10 Å². The molecule has 0 amide bonds. The van der Waals surface area contributed by atoms with E-state index < -0.39 is 5.54 Å². The predicted molar refractivity (Wildman–Crippen MR) is 91.8 cm³/mol. The molecule has 4 heteroatoms. The highest BCUT2D eigenvalue weighted by Crippen LogP contribution is 2.38. The molecule has 1 aliphatic rings. The zero-order valence-corrected chi connectivity index (χ0v) is 13.1. The van der Waals surface area contributed by atoms with Crippen LogP contribution >= 0.6 is 0 Å². The van der Waals surface area contributed by atoms with Crippen LogP contribution in [0, 0.1) is 0 Å². The van der Waals surface area contributed by atoms with Crippen LogP contribution in [-0.4, -0.2) is 23.9 Å². The number of aromatic nitrogens is 2. The topological polar surface area (TPSA) is 49.9 Å². The van der Waals surface area contributed by atoms with Crippen LogP contribution in [0.2, 0.25) is 0 Å². The molecule has 0 aliphatic carbocycles. The van der Waals surface area contributed by atoms with Gasteiger partial charge in [-0.05, 0) is 41.3 Å². The molecule has 4 nitrogen and oxygen atoms in total. The summed E-state index contributed by atoms with van der Waals surface area (Å²) in [5, 5.41) is 11.9. The normalized spacial score (nSPS) is 20.2. The molecule has 2 N–H and O–H groups in total. The maximum atomic E-state index is 5.43. The van der Waals surface area contributed by atoms with Crippen LogP contribution in [0.15, 0.2) is 55.3 Å². The number of H-pyrrole nitrogens is 1. The lowest BCUT2D eigenvalue weighted by atomic mass is 9.77. The standard InChI is InChI=1S/C19H19N3O/c1-3-19(15-6-4-14-12-21-22-18(14)10-15)17-11-16(23-2)7-5-13(17)8-9-20-19/h3-7,10-12,20H,1,8-9H2,2H3,(H,21,22). The molecule has 0 radical (unpaired) electrons. The van der Waals surface area contributed by atoms with Crippen LogP contribution in [0.25, 0.3) is 10.9 Å². The molecule has 23 heavy (non-hydrogen) atoms. The fraction of sp³-hybridized carbons (Fsp3) is 0.211. The highest BCUT2D eigenvalue weighted by Gasteiger charge is 2.35. The van der Waals surface area contributed by atoms with E-state index in [0.29, 0.717) is 0 Å². The van der Waals surface area contributed by atoms with Gasteiger partial charge >= 0.3 is 0 Å². The summed E-state index contributed by atoms with van der Waals surface area (Å²) in [6.45, 7) is 5.03. The van der Waals surface area contributed by atoms with Gasteiger partial charge in [0.25, 0.3) is 0 Å². The number of methoxy groups -OCH3 is 1. The molecule has 2 heterocycles. The van der Waals surface area contributed by atoms with E-state index in [-0.39, 0.29) is 0 Å². The highest BCUT2D eigenvalue weighted by atomic mass is 16.5. The Morgan fingerprint density at radius 3 is 3.00 bits per heavy atom. The molecule has 1 atom stereocenters. The second-order valence-corrected chi connectivity index (χ2v) is 5.88. The molecule has 3 aromatic rings. The zero-order valence-electron chi connectivity index (χ0n) is 13.1. The van der Waals surface area contributed by atoms with Crippen LogP contribution in [0.4, 0.5) is 0 Å². The van der Waals surface area contributed by atoms with Gasteiger partial charge < -0.3 is 10.1 Å². The van der Waals surface area contributed by atoms with E-state index in [0.717, 1.165) is 35.2 Å². The second kappa shape index (κ2) is 5.25. The van der Waals surface area contributed by atoms with Crippen molar-refractivity contribution in [3.63, 3.8) is 0 Å². The van der Waals surface area contributed by atoms with Crippen molar-refractivity contribution >= 4 is 10.9 Å². The number of nitrogens with zero attached hydrogens (tertiary/aromatic N) is 1. The van der Waals surface area contributed by atoms with Gasteiger partial charge in [0.2, 0.25) is 0 Å². The van der Waals surface area contributed by atoms with Crippen LogP contribution in [0.1, 0.15) is 16.7 Å². The first-order chi connectivity index (χ1) is 11.3. The van der Waals surface area contributed by atoms with Gasteiger partial charge in [-0.25, -0.2) is 0 Å². The van der Waals surface area contributed by atoms with Crippen molar-refractivity contribution in [1.29, 1.82) is 0 Å². The van der Waals surface area contributed by atoms with E-state index in [9.17, 15) is 0 Å². The van der Waals surface area contributed by atoms with E-state index in [4.69, 9.17) is 4.74 Å². The van der Waals surface area contributed by atoms with E-state index in [1.807, 2.05) is 18.3 Å². The van der Waals surface area contributed by atoms with Gasteiger partial charge in [0.05, 0.1) is 24.4 Å². The summed E-state index contributed by atoms with van der Waals surface area (Å²) >= 11 is 0. The van der Waals surface area contributed by atoms with Crippen molar-refractivity contribution in [2.24, 2.45) is 0 Å². The zero-order chi connectivity index (χ0) is 15.9. The first-order valence-corrected chi connectivity index (χ1v) is 7.76. The number of aromatic amines is 1. The van der Waals surface area contributed by atoms with Gasteiger partial charge in [0.15, 0.2) is 0 Å². The summed E-state index contributed by atoms with van der Waals surface area (Å²) in [6.07, 6.45) is 4.83. The Labute approximate surface area is 135 Å². The Morgan fingerprint density at radius 1 is 1.26 bits per heavy atom. The number of hydrogen-bond donors (Lipinski definition) is 2. The number of fused-ring (bicyclic) bond motifs is 2. The van der Waals surface area contributed by atoms with E-state index in [1.54, 1.807) is 7.11 Å². The number of ether oxygens (including phenoxy) is 1. The molecular weight excluding hydrogens is 286 g/mol. The number of rotatable bonds is 3. The summed E-state index contributed by atoms with van der Waals surface area (Å²) in [6, 6.07) is 12.7. The summed E-state index contributed by atoms with van der Waals surface area (Å²) in [5.41, 5.74) is 4.30. The summed E-state index contributed by atoms with van der Waals surface area (Å²) in [4.78, 5) is 0. The maximum absolute atomic E-state index is 5.43. The van der Waals surface area contributed by atoms with Crippen molar-refractivity contribution in [1.82, 2.24) is 15.5 Å². The number of hydrogen-bond acceptors (Lipinski definition) is 3. The first-order valence-electron chi connectivity index (χ1n) is 7.76. The quantitative estimate of drug-likeness (QED) is 0.731. The Balaban J connectivity index is 1.95. The van der Waals surface area contributed by atoms with Gasteiger partial charge in [0, 0.05) is 11.9 Å². The average Bonchev–Trinajstić information content (AvgIpc) is 3.08. The van der Waals surface area contributed by atoms with Gasteiger partial charge in [-0.3, -0.25) is 5.10 Å². The third-order valence-corrected chi connectivity index (χ3v) is 4.74. The molecule has 4 rings (SSSR count). The summed E-state index contributed by atoms with van der Waals surface area (Å²) < 4.78 is 5.43. The molecule has 1 aliphatic heterocycles. The van der Waals surface area contributed by atoms with Gasteiger partial charge in [-0.15, -0.1) is 6.58 Å². The molecule has 0 saturated carbocycles. The lowest BCUT2D eigenvalue weighted by Gasteiger charge is -2.38. The van der Waals surface area contributed by atoms with Crippen molar-refractivity contribution in [3.8, 4) is 5.75 Å². The van der Waals surface area contributed by atoms with Crippen LogP contribution in [0.5, 0.6) is 5.75 Å². The van der Waals surface area contributed by atoms with Crippen LogP contribution in [0.3, 0.4) is 0 Å². The van der Waals surface area contributed by atoms with Gasteiger partial charge in [-0.1, -0.05) is 24.3 Å². The minimum Gasteiger partial charge on any atom is -0.497 e. The van der Waals surface area contributed by atoms with Crippen LogP contribution < -0.4 is 10.1 Å². The fourth-order valence-corrected chi connectivity index (χ4v) is 3.50. The Bertz CT molecular complexity index is 883. The van der Waals surface area contributed by atoms with Crippen molar-refractivity contribution in [2.45, 2.75) is 12.0 Å². The van der Waals surface area contributed by atoms with Crippen LogP contribution in [-0.2, 0) is 12.0 Å². The van der Waals surface area contributed by atoms with Crippen molar-refractivity contribution < 1.29 is 4.74 Å². The van der Waals surface area contributed by atoms with Crippen molar-refractivity contribution in [2.75, 3.05) is 13.7 Å². The largest absolute Gasteiger partial charge is 0.497 e. The monoisotopic (exact) mass is 305 g/mol. The minimum absolute atomic E-state index is 0.415. The Morgan fingerprint density at radius 2 is 2.17 bits per heavy atom. The average molecular weight is 305 g/mol. The molecule has 2 aromatic carbocycles. The lowest BCUT2D eigenvalue weighted by molar-refractivity contribution is 0.408. The van der Waals surface area contributed by atoms with E-state index >= 15 is 0 Å². The van der Waals surface area contributed by atoms with Crippen molar-refractivity contribution in [3.05, 3.63) is 71.9 Å². The number of nitrogens with one attached hydrogen (secondary N) is 2. The fourth-order valence-electron chi connectivity index (χ4n) is 3.50. The third-order valence-electron chi connectivity index (χ3n) is 4.74. The Kier molecular flexibility index (Phi) is 3.20. The SMILES string of the molecule is C=CC1(c2ccc3cn[nH]c3c2)NCCc2ccc(OC)cc21. The van der Waals surface area contributed by atoms with E-state index in [1.165, 1.54) is 11.1 Å². The molecule has 1 unspecified atom stereocenters. The maximum Gasteiger partial charge on any atom is 0.119 e. The van der Waals surface area contributed by atoms with Gasteiger partial charge in [0.1, 0.15) is 5.75 Å². The summed E-state index contributed by atoms with van der Waals surface area (Å²) in [5.74, 6) is 0.862. The molecular formula is C19H19N3O. The third kappa shape index (κ3) is 2.06. The summed E-state index contributed by atoms with van der Waals surface area (Å²) in [7, 11) is 1.70. The minimum atomic E-state index is -0.415. The smallest absolute Gasteiger partial charge is 0.119 e. The molecule has 116 valence electrons. The lowest BCUT2D eigenvalue weighted by Crippen LogP contribution is -2.46. The second-order valence-electron chi connectivity index (χ2n) is 5.88.